The van der Waals surface area contributed by atoms with Gasteiger partial charge in [-0.1, -0.05) is 17.7 Å². The number of hydrogen-bond donors (Lipinski definition) is 2. The van der Waals surface area contributed by atoms with E-state index in [1.165, 1.54) is 13.3 Å². The molecule has 1 saturated heterocycles. The van der Waals surface area contributed by atoms with Gasteiger partial charge in [0.05, 0.1) is 13.1 Å². The van der Waals surface area contributed by atoms with Crippen LogP contribution in [-0.4, -0.2) is 40.1 Å². The van der Waals surface area contributed by atoms with Gasteiger partial charge in [0.2, 0.25) is 17.8 Å². The molecule has 8 nitrogen and oxygen atoms in total. The second-order valence-corrected chi connectivity index (χ2v) is 7.43. The van der Waals surface area contributed by atoms with Gasteiger partial charge in [0.1, 0.15) is 18.2 Å². The van der Waals surface area contributed by atoms with Crippen LogP contribution in [0.25, 0.3) is 0 Å². The zero-order chi connectivity index (χ0) is 21.1. The number of amides is 1. The molecule has 0 unspecified atom stereocenters. The number of benzene rings is 2. The van der Waals surface area contributed by atoms with Gasteiger partial charge >= 0.3 is 0 Å². The molecule has 2 aromatic carbocycles. The number of hydrogen-bond acceptors (Lipinski definition) is 7. The van der Waals surface area contributed by atoms with E-state index in [0.29, 0.717) is 30.0 Å². The second kappa shape index (κ2) is 8.54. The summed E-state index contributed by atoms with van der Waals surface area (Å²) in [5, 5.41) is 6.70. The first-order valence-electron chi connectivity index (χ1n) is 9.48. The van der Waals surface area contributed by atoms with Crippen molar-refractivity contribution in [3.05, 3.63) is 59.4 Å². The maximum Gasteiger partial charge on any atom is 0.232 e. The van der Waals surface area contributed by atoms with Crippen molar-refractivity contribution in [1.82, 2.24) is 15.0 Å². The van der Waals surface area contributed by atoms with Crippen molar-refractivity contribution in [2.75, 3.05) is 28.6 Å². The third kappa shape index (κ3) is 4.60. The van der Waals surface area contributed by atoms with Crippen LogP contribution in [0, 0.1) is 6.92 Å². The molecule has 1 aliphatic heterocycles. The van der Waals surface area contributed by atoms with E-state index < -0.39 is 0 Å². The van der Waals surface area contributed by atoms with Crippen LogP contribution in [0.4, 0.5) is 23.3 Å². The Labute approximate surface area is 179 Å². The predicted octanol–water partition coefficient (Wildman–Crippen LogP) is 3.80. The van der Waals surface area contributed by atoms with Crippen LogP contribution in [-0.2, 0) is 4.79 Å². The minimum atomic E-state index is -0.120. The highest BCUT2D eigenvalue weighted by atomic mass is 35.5. The zero-order valence-corrected chi connectivity index (χ0v) is 17.3. The largest absolute Gasteiger partial charge is 0.487 e. The summed E-state index contributed by atoms with van der Waals surface area (Å²) >= 11 is 5.90. The molecule has 30 heavy (non-hydrogen) atoms. The summed E-state index contributed by atoms with van der Waals surface area (Å²) in [4.78, 5) is 26.4. The molecule has 0 spiro atoms. The molecular weight excluding hydrogens is 404 g/mol. The highest BCUT2D eigenvalue weighted by Crippen LogP contribution is 2.27. The molecule has 9 heteroatoms. The number of aromatic nitrogens is 3. The fourth-order valence-electron chi connectivity index (χ4n) is 3.10. The Morgan fingerprint density at radius 3 is 2.60 bits per heavy atom. The summed E-state index contributed by atoms with van der Waals surface area (Å²) in [6, 6.07) is 12.9. The lowest BCUT2D eigenvalue weighted by Crippen LogP contribution is -2.54. The zero-order valence-electron chi connectivity index (χ0n) is 16.6. The lowest BCUT2D eigenvalue weighted by Gasteiger charge is -2.38. The first-order chi connectivity index (χ1) is 14.5. The molecule has 3 aromatic rings. The molecular formula is C21H21ClN6O2. The monoisotopic (exact) mass is 424 g/mol. The Hall–Kier alpha value is -3.39. The van der Waals surface area contributed by atoms with Gasteiger partial charge in [-0.3, -0.25) is 4.79 Å². The number of carbonyl (C=O) groups is 1. The van der Waals surface area contributed by atoms with Gasteiger partial charge < -0.3 is 20.3 Å². The number of rotatable bonds is 6. The van der Waals surface area contributed by atoms with Crippen LogP contribution >= 0.6 is 11.6 Å². The predicted molar refractivity (Wildman–Crippen MR) is 117 cm³/mol. The third-order valence-electron chi connectivity index (χ3n) is 4.70. The molecule has 0 saturated carbocycles. The molecule has 1 fully saturated rings. The van der Waals surface area contributed by atoms with Crippen molar-refractivity contribution in [2.24, 2.45) is 0 Å². The quantitative estimate of drug-likeness (QED) is 0.621. The van der Waals surface area contributed by atoms with Crippen molar-refractivity contribution < 1.29 is 9.53 Å². The maximum absolute atomic E-state index is 11.4. The van der Waals surface area contributed by atoms with Crippen molar-refractivity contribution in [2.45, 2.75) is 20.0 Å². The fourth-order valence-corrected chi connectivity index (χ4v) is 3.22. The fraction of sp³-hybridized carbons (Fsp3) is 0.238. The van der Waals surface area contributed by atoms with E-state index in [1.54, 1.807) is 12.1 Å². The molecule has 0 aliphatic carbocycles. The van der Waals surface area contributed by atoms with Gasteiger partial charge in [-0.15, -0.1) is 0 Å². The minimum Gasteiger partial charge on any atom is -0.487 e. The van der Waals surface area contributed by atoms with Gasteiger partial charge in [0, 0.05) is 23.3 Å². The first kappa shape index (κ1) is 19.9. The summed E-state index contributed by atoms with van der Waals surface area (Å²) in [7, 11) is 0. The van der Waals surface area contributed by atoms with E-state index in [-0.39, 0.29) is 12.0 Å². The first-order valence-corrected chi connectivity index (χ1v) is 9.86. The van der Waals surface area contributed by atoms with Gasteiger partial charge in [-0.2, -0.15) is 4.98 Å². The molecule has 1 amide bonds. The Morgan fingerprint density at radius 2 is 1.87 bits per heavy atom. The second-order valence-electron chi connectivity index (χ2n) is 6.99. The molecule has 2 heterocycles. The Balaban J connectivity index is 1.39. The lowest BCUT2D eigenvalue weighted by atomic mass is 10.1. The van der Waals surface area contributed by atoms with Crippen molar-refractivity contribution in [3.8, 4) is 5.75 Å². The molecule has 4 rings (SSSR count). The number of nitrogens with zero attached hydrogens (tertiary/aromatic N) is 4. The summed E-state index contributed by atoms with van der Waals surface area (Å²) in [6.45, 7) is 4.77. The average molecular weight is 425 g/mol. The maximum atomic E-state index is 11.4. The van der Waals surface area contributed by atoms with Crippen LogP contribution in [0.3, 0.4) is 0 Å². The molecule has 2 N–H and O–H groups in total. The van der Waals surface area contributed by atoms with E-state index in [9.17, 15) is 4.79 Å². The van der Waals surface area contributed by atoms with Crippen molar-refractivity contribution in [1.29, 1.82) is 0 Å². The average Bonchev–Trinajstić information content (AvgIpc) is 2.69. The highest BCUT2D eigenvalue weighted by Gasteiger charge is 2.30. The van der Waals surface area contributed by atoms with Crippen LogP contribution in [0.1, 0.15) is 12.5 Å². The standard InChI is InChI=1S/C21H21ClN6O2/c1-13-18(25-14(2)29)4-3-5-19(13)26-20-23-12-24-21(27-20)28-10-17(11-28)30-16-8-6-15(22)7-9-16/h3-9,12,17H,10-11H2,1-2H3,(H,25,29)(H,23,24,26,27). The molecule has 0 radical (unpaired) electrons. The number of anilines is 4. The van der Waals surface area contributed by atoms with Gasteiger partial charge in [0.15, 0.2) is 0 Å². The number of nitrogens with one attached hydrogen (secondary N) is 2. The SMILES string of the molecule is CC(=O)Nc1cccc(Nc2ncnc(N3CC(Oc4ccc(Cl)cc4)C3)n2)c1C. The van der Waals surface area contributed by atoms with E-state index in [0.717, 1.165) is 22.7 Å². The number of halogens is 1. The van der Waals surface area contributed by atoms with Crippen LogP contribution in [0.15, 0.2) is 48.8 Å². The molecule has 154 valence electrons. The van der Waals surface area contributed by atoms with Gasteiger partial charge in [-0.25, -0.2) is 9.97 Å². The summed E-state index contributed by atoms with van der Waals surface area (Å²) in [5.41, 5.74) is 2.45. The van der Waals surface area contributed by atoms with Crippen LogP contribution in [0.5, 0.6) is 5.75 Å². The van der Waals surface area contributed by atoms with E-state index in [4.69, 9.17) is 16.3 Å². The van der Waals surface area contributed by atoms with Crippen molar-refractivity contribution in [3.63, 3.8) is 0 Å². The van der Waals surface area contributed by atoms with Gasteiger partial charge in [0.25, 0.3) is 0 Å². The van der Waals surface area contributed by atoms with Crippen LogP contribution < -0.4 is 20.3 Å². The highest BCUT2D eigenvalue weighted by molar-refractivity contribution is 6.30. The van der Waals surface area contributed by atoms with Crippen LogP contribution in [0.2, 0.25) is 5.02 Å². The van der Waals surface area contributed by atoms with Crippen molar-refractivity contribution >= 4 is 40.8 Å². The molecule has 1 aromatic heterocycles. The Morgan fingerprint density at radius 1 is 1.13 bits per heavy atom. The summed E-state index contributed by atoms with van der Waals surface area (Å²) in [6.07, 6.45) is 1.54. The van der Waals surface area contributed by atoms with E-state index in [2.05, 4.69) is 25.6 Å². The number of carbonyl (C=O) groups excluding carboxylic acids is 1. The molecule has 0 atom stereocenters. The molecule has 0 bridgehead atoms. The van der Waals surface area contributed by atoms with E-state index in [1.807, 2.05) is 42.2 Å². The topological polar surface area (TPSA) is 92.3 Å². The molecule has 1 aliphatic rings. The lowest BCUT2D eigenvalue weighted by molar-refractivity contribution is -0.114. The Bertz CT molecular complexity index is 1050. The minimum absolute atomic E-state index is 0.0657. The van der Waals surface area contributed by atoms with Gasteiger partial charge in [-0.05, 0) is 48.9 Å². The summed E-state index contributed by atoms with van der Waals surface area (Å²) in [5.74, 6) is 1.69. The summed E-state index contributed by atoms with van der Waals surface area (Å²) < 4.78 is 5.92. The number of ether oxygens (including phenoxy) is 1. The smallest absolute Gasteiger partial charge is 0.232 e. The van der Waals surface area contributed by atoms with E-state index >= 15 is 0 Å². The normalized spacial score (nSPS) is 13.5. The Kier molecular flexibility index (Phi) is 5.67. The third-order valence-corrected chi connectivity index (χ3v) is 4.95.